The van der Waals surface area contributed by atoms with Crippen LogP contribution in [0.5, 0.6) is 0 Å². The summed E-state index contributed by atoms with van der Waals surface area (Å²) in [5, 5.41) is 0. The fourth-order valence-corrected chi connectivity index (χ4v) is 2.33. The van der Waals surface area contributed by atoms with Crippen molar-refractivity contribution in [2.75, 3.05) is 0 Å². The molecule has 0 saturated carbocycles. The van der Waals surface area contributed by atoms with Gasteiger partial charge in [-0.25, -0.2) is 0 Å². The van der Waals surface area contributed by atoms with Crippen LogP contribution < -0.4 is 11.5 Å². The normalized spacial score (nSPS) is 10.6. The average molecular weight is 282 g/mol. The first-order chi connectivity index (χ1) is 9.91. The maximum Gasteiger partial charge on any atom is 0.249 e. The van der Waals surface area contributed by atoms with Gasteiger partial charge in [0.1, 0.15) is 0 Å². The topological polar surface area (TPSA) is 86.2 Å². The molecule has 2 rings (SSSR count). The third kappa shape index (κ3) is 2.94. The monoisotopic (exact) mass is 282 g/mol. The molecule has 4 N–H and O–H groups in total. The van der Waals surface area contributed by atoms with Crippen molar-refractivity contribution in [2.24, 2.45) is 11.5 Å². The van der Waals surface area contributed by atoms with Crippen LogP contribution in [0.1, 0.15) is 46.0 Å². The van der Waals surface area contributed by atoms with Crippen LogP contribution in [0, 0.1) is 0 Å². The molecule has 2 aromatic rings. The third-order valence-corrected chi connectivity index (χ3v) is 3.44. The molecule has 0 aromatic heterocycles. The van der Waals surface area contributed by atoms with E-state index in [1.54, 1.807) is 18.2 Å². The van der Waals surface area contributed by atoms with Crippen molar-refractivity contribution in [1.82, 2.24) is 0 Å². The van der Waals surface area contributed by atoms with Gasteiger partial charge in [-0.2, -0.15) is 0 Å². The lowest BCUT2D eigenvalue weighted by Gasteiger charge is -2.13. The zero-order chi connectivity index (χ0) is 15.6. The van der Waals surface area contributed by atoms with Crippen molar-refractivity contribution in [2.45, 2.75) is 19.8 Å². The standard InChI is InChI=1S/C17H18N2O2/c1-10(2)11-5-3-6-12(9-11)15-13(16(18)20)7-4-8-14(15)17(19)21/h3-10H,1-2H3,(H2,18,20)(H2,19,21). The van der Waals surface area contributed by atoms with Gasteiger partial charge >= 0.3 is 0 Å². The minimum absolute atomic E-state index is 0.298. The summed E-state index contributed by atoms with van der Waals surface area (Å²) in [6.45, 7) is 4.15. The lowest BCUT2D eigenvalue weighted by Crippen LogP contribution is -2.18. The highest BCUT2D eigenvalue weighted by atomic mass is 16.1. The van der Waals surface area contributed by atoms with Gasteiger partial charge in [0.2, 0.25) is 11.8 Å². The van der Waals surface area contributed by atoms with Crippen molar-refractivity contribution in [3.05, 3.63) is 59.2 Å². The van der Waals surface area contributed by atoms with Crippen molar-refractivity contribution < 1.29 is 9.59 Å². The average Bonchev–Trinajstić information content (AvgIpc) is 2.46. The first kappa shape index (κ1) is 14.8. The summed E-state index contributed by atoms with van der Waals surface area (Å²) < 4.78 is 0. The largest absolute Gasteiger partial charge is 0.366 e. The second-order valence-electron chi connectivity index (χ2n) is 5.24. The lowest BCUT2D eigenvalue weighted by molar-refractivity contribution is 0.0999. The SMILES string of the molecule is CC(C)c1cccc(-c2c(C(N)=O)cccc2C(N)=O)c1. The Morgan fingerprint density at radius 1 is 0.905 bits per heavy atom. The smallest absolute Gasteiger partial charge is 0.249 e. The van der Waals surface area contributed by atoms with Crippen molar-refractivity contribution in [3.8, 4) is 11.1 Å². The molecule has 0 aliphatic carbocycles. The van der Waals surface area contributed by atoms with Gasteiger partial charge in [0.15, 0.2) is 0 Å². The molecule has 0 unspecified atom stereocenters. The van der Waals surface area contributed by atoms with E-state index in [4.69, 9.17) is 11.5 Å². The van der Waals surface area contributed by atoms with Crippen molar-refractivity contribution in [3.63, 3.8) is 0 Å². The number of primary amides is 2. The van der Waals surface area contributed by atoms with Crippen LogP contribution in [0.4, 0.5) is 0 Å². The quantitative estimate of drug-likeness (QED) is 0.903. The maximum absolute atomic E-state index is 11.7. The maximum atomic E-state index is 11.7. The van der Waals surface area contributed by atoms with Crippen LogP contribution in [-0.4, -0.2) is 11.8 Å². The summed E-state index contributed by atoms with van der Waals surface area (Å²) in [7, 11) is 0. The molecule has 0 bridgehead atoms. The Kier molecular flexibility index (Phi) is 4.08. The molecular weight excluding hydrogens is 264 g/mol. The Bertz CT molecular complexity index is 673. The van der Waals surface area contributed by atoms with E-state index in [9.17, 15) is 9.59 Å². The molecule has 0 atom stereocenters. The molecule has 0 aliphatic heterocycles. The molecule has 0 aliphatic rings. The van der Waals surface area contributed by atoms with Crippen LogP contribution >= 0.6 is 0 Å². The highest BCUT2D eigenvalue weighted by molar-refractivity contribution is 6.08. The molecule has 2 amide bonds. The van der Waals surface area contributed by atoms with Crippen LogP contribution in [-0.2, 0) is 0 Å². The molecule has 2 aromatic carbocycles. The fourth-order valence-electron chi connectivity index (χ4n) is 2.33. The Hall–Kier alpha value is -2.62. The summed E-state index contributed by atoms with van der Waals surface area (Å²) >= 11 is 0. The predicted molar refractivity (Wildman–Crippen MR) is 83.0 cm³/mol. The summed E-state index contributed by atoms with van der Waals surface area (Å²) in [6, 6.07) is 12.5. The van der Waals surface area contributed by atoms with Gasteiger partial charge < -0.3 is 11.5 Å². The van der Waals surface area contributed by atoms with Gasteiger partial charge in [-0.15, -0.1) is 0 Å². The van der Waals surface area contributed by atoms with Crippen molar-refractivity contribution in [1.29, 1.82) is 0 Å². The Morgan fingerprint density at radius 2 is 1.43 bits per heavy atom. The third-order valence-electron chi connectivity index (χ3n) is 3.44. The van der Waals surface area contributed by atoms with E-state index in [0.29, 0.717) is 22.6 Å². The number of rotatable bonds is 4. The molecule has 0 saturated heterocycles. The molecule has 0 heterocycles. The number of nitrogens with two attached hydrogens (primary N) is 2. The first-order valence-electron chi connectivity index (χ1n) is 6.74. The van der Waals surface area contributed by atoms with Gasteiger partial charge in [-0.1, -0.05) is 44.2 Å². The van der Waals surface area contributed by atoms with Crippen LogP contribution in [0.15, 0.2) is 42.5 Å². The van der Waals surface area contributed by atoms with E-state index >= 15 is 0 Å². The first-order valence-corrected chi connectivity index (χ1v) is 6.74. The van der Waals surface area contributed by atoms with Crippen LogP contribution in [0.3, 0.4) is 0 Å². The molecule has 0 fully saturated rings. The minimum atomic E-state index is -0.581. The predicted octanol–water partition coefficient (Wildman–Crippen LogP) is 2.67. The number of amides is 2. The molecule has 21 heavy (non-hydrogen) atoms. The fraction of sp³-hybridized carbons (Fsp3) is 0.176. The Morgan fingerprint density at radius 3 is 1.90 bits per heavy atom. The van der Waals surface area contributed by atoms with Gasteiger partial charge in [0.05, 0.1) is 0 Å². The summed E-state index contributed by atoms with van der Waals surface area (Å²) in [4.78, 5) is 23.3. The second kappa shape index (κ2) is 5.79. The van der Waals surface area contributed by atoms with Crippen molar-refractivity contribution >= 4 is 11.8 Å². The zero-order valence-corrected chi connectivity index (χ0v) is 12.1. The Labute approximate surface area is 123 Å². The van der Waals surface area contributed by atoms with Crippen LogP contribution in [0.25, 0.3) is 11.1 Å². The summed E-state index contributed by atoms with van der Waals surface area (Å²) in [5.74, 6) is -0.825. The zero-order valence-electron chi connectivity index (χ0n) is 12.1. The van der Waals surface area contributed by atoms with Gasteiger partial charge in [0.25, 0.3) is 0 Å². The number of hydrogen-bond acceptors (Lipinski definition) is 2. The summed E-state index contributed by atoms with van der Waals surface area (Å²) in [5.41, 5.74) is 13.8. The molecule has 0 radical (unpaired) electrons. The van der Waals surface area contributed by atoms with E-state index < -0.39 is 11.8 Å². The molecule has 4 heteroatoms. The van der Waals surface area contributed by atoms with E-state index in [1.807, 2.05) is 24.3 Å². The number of carbonyl (C=O) groups is 2. The number of benzene rings is 2. The van der Waals surface area contributed by atoms with Crippen LogP contribution in [0.2, 0.25) is 0 Å². The Balaban J connectivity index is 2.74. The molecule has 0 spiro atoms. The molecule has 108 valence electrons. The highest BCUT2D eigenvalue weighted by Crippen LogP contribution is 2.30. The van der Waals surface area contributed by atoms with E-state index in [0.717, 1.165) is 11.1 Å². The highest BCUT2D eigenvalue weighted by Gasteiger charge is 2.17. The molecular formula is C17H18N2O2. The second-order valence-corrected chi connectivity index (χ2v) is 5.24. The number of hydrogen-bond donors (Lipinski definition) is 2. The van der Waals surface area contributed by atoms with E-state index in [-0.39, 0.29) is 0 Å². The minimum Gasteiger partial charge on any atom is -0.366 e. The molecule has 4 nitrogen and oxygen atoms in total. The van der Waals surface area contributed by atoms with E-state index in [2.05, 4.69) is 13.8 Å². The van der Waals surface area contributed by atoms with Gasteiger partial charge in [0, 0.05) is 16.7 Å². The summed E-state index contributed by atoms with van der Waals surface area (Å²) in [6.07, 6.45) is 0. The lowest BCUT2D eigenvalue weighted by atomic mass is 9.91. The number of carbonyl (C=O) groups excluding carboxylic acids is 2. The van der Waals surface area contributed by atoms with Gasteiger partial charge in [-0.3, -0.25) is 9.59 Å². The van der Waals surface area contributed by atoms with E-state index in [1.165, 1.54) is 0 Å². The van der Waals surface area contributed by atoms with Gasteiger partial charge in [-0.05, 0) is 29.2 Å².